The maximum atomic E-state index is 5.22. The molecule has 0 bridgehead atoms. The Balaban J connectivity index is 2.83. The van der Waals surface area contributed by atoms with Crippen molar-refractivity contribution in [3.8, 4) is 5.75 Å². The van der Waals surface area contributed by atoms with E-state index >= 15 is 0 Å². The van der Waals surface area contributed by atoms with Crippen molar-refractivity contribution >= 4 is 11.3 Å². The lowest BCUT2D eigenvalue weighted by Crippen LogP contribution is -1.92. The first kappa shape index (κ1) is 8.60. The van der Waals surface area contributed by atoms with Gasteiger partial charge in [-0.3, -0.25) is 0 Å². The van der Waals surface area contributed by atoms with E-state index in [1.54, 1.807) is 18.4 Å². The number of ether oxygens (including phenoxy) is 1. The molecule has 0 N–H and O–H groups in total. The Labute approximate surface area is 72.0 Å². The summed E-state index contributed by atoms with van der Waals surface area (Å²) in [6.45, 7) is 4.42. The van der Waals surface area contributed by atoms with E-state index in [2.05, 4.69) is 24.6 Å². The van der Waals surface area contributed by atoms with Crippen LogP contribution >= 0.6 is 11.3 Å². The molecule has 0 saturated carbocycles. The van der Waals surface area contributed by atoms with Crippen molar-refractivity contribution in [1.82, 2.24) is 0 Å². The molecule has 1 rings (SSSR count). The Morgan fingerprint density at radius 1 is 1.55 bits per heavy atom. The molecule has 0 saturated heterocycles. The zero-order valence-electron chi connectivity index (χ0n) is 7.26. The summed E-state index contributed by atoms with van der Waals surface area (Å²) in [6.07, 6.45) is 1.17. The Morgan fingerprint density at radius 3 is 2.82 bits per heavy atom. The number of hydrogen-bond donors (Lipinski definition) is 0. The summed E-state index contributed by atoms with van der Waals surface area (Å²) in [5.41, 5.74) is 1.35. The summed E-state index contributed by atoms with van der Waals surface area (Å²) in [4.78, 5) is 0. The van der Waals surface area contributed by atoms with E-state index in [4.69, 9.17) is 4.74 Å². The minimum atomic E-state index is 0.621. The molecule has 0 aromatic carbocycles. The van der Waals surface area contributed by atoms with Crippen molar-refractivity contribution in [2.75, 3.05) is 7.11 Å². The van der Waals surface area contributed by atoms with Gasteiger partial charge in [0.15, 0.2) is 0 Å². The molecule has 0 fully saturated rings. The molecule has 2 heteroatoms. The third-order valence-electron chi connectivity index (χ3n) is 2.02. The van der Waals surface area contributed by atoms with Crippen LogP contribution in [0.1, 0.15) is 31.7 Å². The summed E-state index contributed by atoms with van der Waals surface area (Å²) < 4.78 is 5.22. The van der Waals surface area contributed by atoms with Gasteiger partial charge in [-0.25, -0.2) is 0 Å². The summed E-state index contributed by atoms with van der Waals surface area (Å²) in [7, 11) is 1.73. The Kier molecular flexibility index (Phi) is 2.94. The van der Waals surface area contributed by atoms with Gasteiger partial charge in [0.05, 0.1) is 7.11 Å². The zero-order valence-corrected chi connectivity index (χ0v) is 8.07. The van der Waals surface area contributed by atoms with Crippen LogP contribution in [0.15, 0.2) is 10.8 Å². The van der Waals surface area contributed by atoms with Crippen molar-refractivity contribution in [2.24, 2.45) is 0 Å². The Bertz CT molecular complexity index is 217. The lowest BCUT2D eigenvalue weighted by atomic mass is 10.0. The van der Waals surface area contributed by atoms with Crippen LogP contribution in [0.5, 0.6) is 5.75 Å². The topological polar surface area (TPSA) is 9.23 Å². The highest BCUT2D eigenvalue weighted by Crippen LogP contribution is 2.31. The van der Waals surface area contributed by atoms with Crippen LogP contribution in [0.4, 0.5) is 0 Å². The summed E-state index contributed by atoms with van der Waals surface area (Å²) >= 11 is 1.71. The fourth-order valence-corrected chi connectivity index (χ4v) is 1.96. The molecule has 1 unspecified atom stereocenters. The van der Waals surface area contributed by atoms with Crippen molar-refractivity contribution < 1.29 is 4.74 Å². The van der Waals surface area contributed by atoms with E-state index in [0.29, 0.717) is 5.92 Å². The van der Waals surface area contributed by atoms with Crippen LogP contribution in [-0.4, -0.2) is 7.11 Å². The molecule has 0 radical (unpaired) electrons. The van der Waals surface area contributed by atoms with E-state index in [1.807, 2.05) is 0 Å². The third-order valence-corrected chi connectivity index (χ3v) is 2.76. The summed E-state index contributed by atoms with van der Waals surface area (Å²) in [6, 6.07) is 0. The van der Waals surface area contributed by atoms with Gasteiger partial charge in [0.25, 0.3) is 0 Å². The molecular weight excluding hydrogens is 156 g/mol. The maximum Gasteiger partial charge on any atom is 0.132 e. The van der Waals surface area contributed by atoms with E-state index in [9.17, 15) is 0 Å². The van der Waals surface area contributed by atoms with Gasteiger partial charge in [0, 0.05) is 10.9 Å². The second kappa shape index (κ2) is 3.77. The van der Waals surface area contributed by atoms with Crippen LogP contribution in [0, 0.1) is 0 Å². The van der Waals surface area contributed by atoms with Crippen molar-refractivity contribution in [3.63, 3.8) is 0 Å². The van der Waals surface area contributed by atoms with E-state index in [0.717, 1.165) is 5.75 Å². The van der Waals surface area contributed by atoms with Crippen molar-refractivity contribution in [2.45, 2.75) is 26.2 Å². The van der Waals surface area contributed by atoms with Gasteiger partial charge < -0.3 is 4.74 Å². The number of thiophene rings is 1. The Morgan fingerprint density at radius 2 is 2.27 bits per heavy atom. The smallest absolute Gasteiger partial charge is 0.132 e. The average Bonchev–Trinajstić information content (AvgIpc) is 2.50. The fraction of sp³-hybridized carbons (Fsp3) is 0.556. The molecule has 0 spiro atoms. The van der Waals surface area contributed by atoms with E-state index in [1.165, 1.54) is 12.0 Å². The van der Waals surface area contributed by atoms with Crippen LogP contribution in [0.3, 0.4) is 0 Å². The lowest BCUT2D eigenvalue weighted by molar-refractivity contribution is 0.408. The van der Waals surface area contributed by atoms with Gasteiger partial charge >= 0.3 is 0 Å². The minimum Gasteiger partial charge on any atom is -0.496 e. The normalized spacial score (nSPS) is 13.0. The molecule has 1 atom stereocenters. The van der Waals surface area contributed by atoms with Gasteiger partial charge in [-0.05, 0) is 17.7 Å². The first-order valence-electron chi connectivity index (χ1n) is 3.89. The standard InChI is InChI=1S/C9H14OS/c1-4-7(2)8-5-11-6-9(8)10-3/h5-7H,4H2,1-3H3. The van der Waals surface area contributed by atoms with Crippen LogP contribution < -0.4 is 4.74 Å². The SMILES string of the molecule is CCC(C)c1cscc1OC. The summed E-state index contributed by atoms with van der Waals surface area (Å²) in [5, 5.41) is 4.23. The second-order valence-electron chi connectivity index (χ2n) is 2.70. The predicted molar refractivity (Wildman–Crippen MR) is 49.6 cm³/mol. The molecule has 11 heavy (non-hydrogen) atoms. The number of rotatable bonds is 3. The highest BCUT2D eigenvalue weighted by molar-refractivity contribution is 7.08. The number of methoxy groups -OCH3 is 1. The average molecular weight is 170 g/mol. The summed E-state index contributed by atoms with van der Waals surface area (Å²) in [5.74, 6) is 1.67. The van der Waals surface area contributed by atoms with Crippen LogP contribution in [0.25, 0.3) is 0 Å². The van der Waals surface area contributed by atoms with E-state index < -0.39 is 0 Å². The molecule has 0 aliphatic carbocycles. The molecule has 1 aromatic heterocycles. The van der Waals surface area contributed by atoms with Gasteiger partial charge in [0.2, 0.25) is 0 Å². The van der Waals surface area contributed by atoms with Crippen molar-refractivity contribution in [3.05, 3.63) is 16.3 Å². The fourth-order valence-electron chi connectivity index (χ4n) is 1.04. The second-order valence-corrected chi connectivity index (χ2v) is 3.45. The molecule has 62 valence electrons. The highest BCUT2D eigenvalue weighted by atomic mass is 32.1. The van der Waals surface area contributed by atoms with Crippen LogP contribution in [0.2, 0.25) is 0 Å². The van der Waals surface area contributed by atoms with Crippen LogP contribution in [-0.2, 0) is 0 Å². The Hall–Kier alpha value is -0.500. The zero-order chi connectivity index (χ0) is 8.27. The molecule has 0 aliphatic heterocycles. The molecule has 0 aliphatic rings. The molecule has 1 heterocycles. The monoisotopic (exact) mass is 170 g/mol. The van der Waals surface area contributed by atoms with Gasteiger partial charge in [0.1, 0.15) is 5.75 Å². The molecule has 1 aromatic rings. The largest absolute Gasteiger partial charge is 0.496 e. The molecule has 1 nitrogen and oxygen atoms in total. The van der Waals surface area contributed by atoms with Crippen molar-refractivity contribution in [1.29, 1.82) is 0 Å². The third kappa shape index (κ3) is 1.74. The van der Waals surface area contributed by atoms with E-state index in [-0.39, 0.29) is 0 Å². The minimum absolute atomic E-state index is 0.621. The van der Waals surface area contributed by atoms with Gasteiger partial charge in [-0.15, -0.1) is 11.3 Å². The number of hydrogen-bond acceptors (Lipinski definition) is 2. The highest BCUT2D eigenvalue weighted by Gasteiger charge is 2.09. The first-order valence-corrected chi connectivity index (χ1v) is 4.84. The van der Waals surface area contributed by atoms with Gasteiger partial charge in [-0.1, -0.05) is 13.8 Å². The first-order chi connectivity index (χ1) is 5.29. The molecule has 0 amide bonds. The lowest BCUT2D eigenvalue weighted by Gasteiger charge is -2.08. The quantitative estimate of drug-likeness (QED) is 0.676. The maximum absolute atomic E-state index is 5.22. The predicted octanol–water partition coefficient (Wildman–Crippen LogP) is 3.27. The molecular formula is C9H14OS. The van der Waals surface area contributed by atoms with Gasteiger partial charge in [-0.2, -0.15) is 0 Å².